The van der Waals surface area contributed by atoms with Crippen LogP contribution in [0.25, 0.3) is 0 Å². The third-order valence-corrected chi connectivity index (χ3v) is 6.35. The third-order valence-electron chi connectivity index (χ3n) is 5.05. The Labute approximate surface area is 196 Å². The van der Waals surface area contributed by atoms with Gasteiger partial charge in [0, 0.05) is 19.0 Å². The first-order chi connectivity index (χ1) is 15.3. The van der Waals surface area contributed by atoms with E-state index in [4.69, 9.17) is 21.1 Å². The number of amides is 2. The number of esters is 1. The van der Waals surface area contributed by atoms with Gasteiger partial charge in [-0.1, -0.05) is 29.4 Å². The molecular formula is C22H26ClN3O5S. The molecule has 0 saturated heterocycles. The maximum absolute atomic E-state index is 12.9. The van der Waals surface area contributed by atoms with Crippen molar-refractivity contribution in [2.75, 3.05) is 32.6 Å². The van der Waals surface area contributed by atoms with Crippen LogP contribution in [0.15, 0.2) is 28.8 Å². The number of rotatable bonds is 9. The normalized spacial score (nSPS) is 17.9. The maximum Gasteiger partial charge on any atom is 0.319 e. The van der Waals surface area contributed by atoms with Gasteiger partial charge in [-0.2, -0.15) is 5.26 Å². The molecule has 1 N–H and O–H groups in total. The summed E-state index contributed by atoms with van der Waals surface area (Å²) in [4.78, 5) is 39.4. The molecule has 2 atom stereocenters. The zero-order valence-corrected chi connectivity index (χ0v) is 20.0. The van der Waals surface area contributed by atoms with Crippen molar-refractivity contribution >= 4 is 41.1 Å². The minimum Gasteiger partial charge on any atom is -0.492 e. The number of nitriles is 1. The molecule has 1 heterocycles. The van der Waals surface area contributed by atoms with E-state index >= 15 is 0 Å². The summed E-state index contributed by atoms with van der Waals surface area (Å²) < 4.78 is 10.3. The molecule has 32 heavy (non-hydrogen) atoms. The van der Waals surface area contributed by atoms with Crippen LogP contribution in [0, 0.1) is 17.2 Å². The number of nitrogens with zero attached hydrogens (tertiary/aromatic N) is 2. The number of thioether (sulfide) groups is 1. The van der Waals surface area contributed by atoms with Crippen molar-refractivity contribution in [3.05, 3.63) is 39.4 Å². The van der Waals surface area contributed by atoms with Crippen molar-refractivity contribution in [3.8, 4) is 11.8 Å². The summed E-state index contributed by atoms with van der Waals surface area (Å²) >= 11 is 7.39. The molecule has 1 aromatic carbocycles. The van der Waals surface area contributed by atoms with Gasteiger partial charge in [-0.05, 0) is 38.5 Å². The molecular weight excluding hydrogens is 454 g/mol. The Kier molecular flexibility index (Phi) is 9.42. The number of hydrogen-bond donors (Lipinski definition) is 1. The summed E-state index contributed by atoms with van der Waals surface area (Å²) in [6.07, 6.45) is 0. The van der Waals surface area contributed by atoms with Crippen molar-refractivity contribution in [1.29, 1.82) is 5.26 Å². The van der Waals surface area contributed by atoms with Gasteiger partial charge in [-0.3, -0.25) is 14.4 Å². The fraction of sp³-hybridized carbons (Fsp3) is 0.455. The molecule has 1 aromatic rings. The molecule has 0 aromatic heterocycles. The van der Waals surface area contributed by atoms with E-state index in [2.05, 4.69) is 11.4 Å². The van der Waals surface area contributed by atoms with E-state index in [1.165, 1.54) is 7.11 Å². The first-order valence-electron chi connectivity index (χ1n) is 10.2. The Morgan fingerprint density at radius 2 is 1.97 bits per heavy atom. The van der Waals surface area contributed by atoms with Gasteiger partial charge in [0.1, 0.15) is 11.7 Å². The molecule has 0 unspecified atom stereocenters. The first-order valence-corrected chi connectivity index (χ1v) is 11.5. The van der Waals surface area contributed by atoms with Gasteiger partial charge in [0.2, 0.25) is 11.8 Å². The van der Waals surface area contributed by atoms with Gasteiger partial charge in [-0.25, -0.2) is 0 Å². The number of benzene rings is 1. The molecule has 10 heteroatoms. The van der Waals surface area contributed by atoms with Gasteiger partial charge in [-0.15, -0.1) is 0 Å². The predicted octanol–water partition coefficient (Wildman–Crippen LogP) is 3.08. The van der Waals surface area contributed by atoms with Gasteiger partial charge in [0.05, 0.1) is 41.2 Å². The first kappa shape index (κ1) is 25.6. The Hall–Kier alpha value is -2.70. The number of hydrogen-bond acceptors (Lipinski definition) is 7. The van der Waals surface area contributed by atoms with Gasteiger partial charge in [0.25, 0.3) is 0 Å². The molecule has 0 radical (unpaired) electrons. The fourth-order valence-corrected chi connectivity index (χ4v) is 4.66. The number of nitrogens with one attached hydrogen (secondary N) is 1. The highest BCUT2D eigenvalue weighted by Crippen LogP contribution is 2.42. The van der Waals surface area contributed by atoms with Crippen LogP contribution in [-0.2, 0) is 19.1 Å². The third kappa shape index (κ3) is 5.56. The van der Waals surface area contributed by atoms with Crippen molar-refractivity contribution in [2.24, 2.45) is 5.92 Å². The van der Waals surface area contributed by atoms with Gasteiger partial charge >= 0.3 is 5.97 Å². The smallest absolute Gasteiger partial charge is 0.319 e. The van der Waals surface area contributed by atoms with E-state index in [9.17, 15) is 19.6 Å². The lowest BCUT2D eigenvalue weighted by Gasteiger charge is -2.31. The molecule has 0 bridgehead atoms. The van der Waals surface area contributed by atoms with Gasteiger partial charge < -0.3 is 19.7 Å². The second-order valence-corrected chi connectivity index (χ2v) is 8.19. The SMILES string of the molecule is CCOc1ccc([C@H]2C(C#N)=C(SCC(=O)N(CC)CC)NC(=O)[C@H]2C(=O)OC)cc1Cl. The summed E-state index contributed by atoms with van der Waals surface area (Å²) in [5.41, 5.74) is 0.658. The van der Waals surface area contributed by atoms with E-state index in [1.807, 2.05) is 20.8 Å². The Balaban J connectivity index is 2.51. The lowest BCUT2D eigenvalue weighted by molar-refractivity contribution is -0.150. The number of carbonyl (C=O) groups is 3. The molecule has 0 fully saturated rings. The van der Waals surface area contributed by atoms with Crippen molar-refractivity contribution in [1.82, 2.24) is 10.2 Å². The highest BCUT2D eigenvalue weighted by Gasteiger charge is 2.44. The number of carbonyl (C=O) groups excluding carboxylic acids is 3. The Bertz CT molecular complexity index is 955. The Morgan fingerprint density at radius 3 is 2.50 bits per heavy atom. The molecule has 0 aliphatic carbocycles. The van der Waals surface area contributed by atoms with Crippen LogP contribution in [-0.4, -0.2) is 55.2 Å². The van der Waals surface area contributed by atoms with Gasteiger partial charge in [0.15, 0.2) is 0 Å². The van der Waals surface area contributed by atoms with E-state index in [-0.39, 0.29) is 22.3 Å². The highest BCUT2D eigenvalue weighted by molar-refractivity contribution is 8.03. The molecule has 0 spiro atoms. The topological polar surface area (TPSA) is 109 Å². The second-order valence-electron chi connectivity index (χ2n) is 6.80. The molecule has 8 nitrogen and oxygen atoms in total. The highest BCUT2D eigenvalue weighted by atomic mass is 35.5. The fourth-order valence-electron chi connectivity index (χ4n) is 3.46. The molecule has 172 valence electrons. The lowest BCUT2D eigenvalue weighted by atomic mass is 9.78. The lowest BCUT2D eigenvalue weighted by Crippen LogP contribution is -2.44. The largest absolute Gasteiger partial charge is 0.492 e. The average molecular weight is 480 g/mol. The minimum atomic E-state index is -1.27. The van der Waals surface area contributed by atoms with Crippen molar-refractivity contribution in [3.63, 3.8) is 0 Å². The average Bonchev–Trinajstić information content (AvgIpc) is 2.78. The van der Waals surface area contributed by atoms with Crippen LogP contribution >= 0.6 is 23.4 Å². The molecule has 2 amide bonds. The number of methoxy groups -OCH3 is 1. The van der Waals surface area contributed by atoms with Crippen LogP contribution < -0.4 is 10.1 Å². The predicted molar refractivity (Wildman–Crippen MR) is 122 cm³/mol. The summed E-state index contributed by atoms with van der Waals surface area (Å²) in [6.45, 7) is 7.11. The number of ether oxygens (including phenoxy) is 2. The number of allylic oxidation sites excluding steroid dienone is 1. The maximum atomic E-state index is 12.9. The van der Waals surface area contributed by atoms with Crippen molar-refractivity contribution < 1.29 is 23.9 Å². The van der Waals surface area contributed by atoms with E-state index in [0.29, 0.717) is 36.0 Å². The zero-order chi connectivity index (χ0) is 23.8. The van der Waals surface area contributed by atoms with Crippen molar-refractivity contribution in [2.45, 2.75) is 26.7 Å². The van der Waals surface area contributed by atoms with E-state index < -0.39 is 23.7 Å². The quantitative estimate of drug-likeness (QED) is 0.428. The zero-order valence-electron chi connectivity index (χ0n) is 18.4. The summed E-state index contributed by atoms with van der Waals surface area (Å²) in [7, 11) is 1.18. The molecule has 1 aliphatic rings. The molecule has 1 aliphatic heterocycles. The Morgan fingerprint density at radius 1 is 1.28 bits per heavy atom. The number of halogens is 1. The monoisotopic (exact) mass is 479 g/mol. The minimum absolute atomic E-state index is 0.0438. The molecule has 2 rings (SSSR count). The van der Waals surface area contributed by atoms with Crippen LogP contribution in [0.2, 0.25) is 5.02 Å². The second kappa shape index (κ2) is 11.8. The molecule has 0 saturated carbocycles. The summed E-state index contributed by atoms with van der Waals surface area (Å²) in [6, 6.07) is 6.98. The van der Waals surface area contributed by atoms with E-state index in [0.717, 1.165) is 11.8 Å². The van der Waals surface area contributed by atoms with Crippen LogP contribution in [0.5, 0.6) is 5.75 Å². The summed E-state index contributed by atoms with van der Waals surface area (Å²) in [5, 5.41) is 13.1. The van der Waals surface area contributed by atoms with Crippen LogP contribution in [0.3, 0.4) is 0 Å². The standard InChI is InChI=1S/C22H26ClN3O5S/c1-5-26(6-2)17(27)12-32-21-14(11-24)18(19(20(28)25-21)22(29)30-4)13-8-9-16(31-7-3)15(23)10-13/h8-10,18-19H,5-7,12H2,1-4H3,(H,25,28)/t18-,19-/m0/s1. The summed E-state index contributed by atoms with van der Waals surface area (Å²) in [5.74, 6) is -3.18. The van der Waals surface area contributed by atoms with Crippen LogP contribution in [0.4, 0.5) is 0 Å². The van der Waals surface area contributed by atoms with E-state index in [1.54, 1.807) is 23.1 Å². The van der Waals surface area contributed by atoms with Crippen LogP contribution in [0.1, 0.15) is 32.3 Å².